The quantitative estimate of drug-likeness (QED) is 0.236. The van der Waals surface area contributed by atoms with Gasteiger partial charge < -0.3 is 9.47 Å². The number of alkyl halides is 3. The summed E-state index contributed by atoms with van der Waals surface area (Å²) in [6, 6.07) is 13.5. The Labute approximate surface area is 239 Å². The molecule has 1 aliphatic heterocycles. The maximum Gasteiger partial charge on any atom is 0.491 e. The van der Waals surface area contributed by atoms with Gasteiger partial charge in [0.25, 0.3) is 0 Å². The molecule has 0 unspecified atom stereocenters. The average molecular weight is 587 g/mol. The molecule has 1 fully saturated rings. The minimum absolute atomic E-state index is 0.0577. The van der Waals surface area contributed by atoms with E-state index in [2.05, 4.69) is 20.1 Å². The first-order valence-corrected chi connectivity index (χ1v) is 14.0. The molecule has 1 saturated heterocycles. The van der Waals surface area contributed by atoms with Crippen molar-refractivity contribution < 1.29 is 32.2 Å². The molecule has 0 radical (unpaired) electrons. The van der Waals surface area contributed by atoms with Crippen LogP contribution in [0.3, 0.4) is 0 Å². The number of hydrogen-bond acceptors (Lipinski definition) is 9. The summed E-state index contributed by atoms with van der Waals surface area (Å²) in [6.45, 7) is 7.38. The van der Waals surface area contributed by atoms with Crippen LogP contribution in [0.15, 0.2) is 36.4 Å². The van der Waals surface area contributed by atoms with Crippen molar-refractivity contribution in [3.05, 3.63) is 53.1 Å². The SMILES string of the molecule is CCc1c(CN2CCC(C(=O)OC(=O)C(F)(F)F)CC2)cccc1-c1nsc(-c2ccc(OC(C)C)c(C#N)c2)n1. The van der Waals surface area contributed by atoms with E-state index in [4.69, 9.17) is 9.72 Å². The van der Waals surface area contributed by atoms with Crippen molar-refractivity contribution in [2.45, 2.75) is 58.9 Å². The van der Waals surface area contributed by atoms with Gasteiger partial charge in [0, 0.05) is 17.7 Å². The zero-order chi connectivity index (χ0) is 29.7. The summed E-state index contributed by atoms with van der Waals surface area (Å²) in [5.74, 6) is -3.25. The number of nitrogens with zero attached hydrogens (tertiary/aromatic N) is 4. The highest BCUT2D eigenvalue weighted by Crippen LogP contribution is 2.33. The molecule has 2 heterocycles. The van der Waals surface area contributed by atoms with Crippen molar-refractivity contribution in [2.24, 2.45) is 5.92 Å². The van der Waals surface area contributed by atoms with Crippen molar-refractivity contribution in [3.8, 4) is 33.8 Å². The number of likely N-dealkylation sites (tertiary alicyclic amines) is 1. The van der Waals surface area contributed by atoms with Gasteiger partial charge in [0.1, 0.15) is 16.8 Å². The van der Waals surface area contributed by atoms with Crippen LogP contribution in [0.5, 0.6) is 5.75 Å². The minimum Gasteiger partial charge on any atom is -0.490 e. The number of piperidine rings is 1. The van der Waals surface area contributed by atoms with E-state index in [1.807, 2.05) is 45.0 Å². The third-order valence-electron chi connectivity index (χ3n) is 6.74. The predicted octanol–water partition coefficient (Wildman–Crippen LogP) is 5.94. The highest BCUT2D eigenvalue weighted by molar-refractivity contribution is 7.09. The van der Waals surface area contributed by atoms with Gasteiger partial charge in [0.05, 0.1) is 17.6 Å². The number of carbonyl (C=O) groups is 2. The van der Waals surface area contributed by atoms with Crippen LogP contribution in [0.1, 0.15) is 50.3 Å². The second-order valence-electron chi connectivity index (χ2n) is 9.97. The first kappa shape index (κ1) is 30.1. The predicted molar refractivity (Wildman–Crippen MR) is 146 cm³/mol. The van der Waals surface area contributed by atoms with E-state index in [-0.39, 0.29) is 6.10 Å². The van der Waals surface area contributed by atoms with Crippen molar-refractivity contribution in [1.29, 1.82) is 5.26 Å². The van der Waals surface area contributed by atoms with Crippen molar-refractivity contribution >= 4 is 23.5 Å². The van der Waals surface area contributed by atoms with Crippen molar-refractivity contribution in [2.75, 3.05) is 13.1 Å². The van der Waals surface area contributed by atoms with Crippen LogP contribution in [0.25, 0.3) is 22.0 Å². The van der Waals surface area contributed by atoms with Gasteiger partial charge in [-0.1, -0.05) is 25.1 Å². The number of benzene rings is 2. The molecule has 12 heteroatoms. The molecule has 1 aliphatic rings. The van der Waals surface area contributed by atoms with Crippen LogP contribution in [0.4, 0.5) is 13.2 Å². The molecule has 41 heavy (non-hydrogen) atoms. The molecule has 0 spiro atoms. The van der Waals surface area contributed by atoms with Gasteiger partial charge in [-0.05, 0) is 87.1 Å². The second-order valence-corrected chi connectivity index (χ2v) is 10.7. The smallest absolute Gasteiger partial charge is 0.490 e. The first-order valence-electron chi connectivity index (χ1n) is 13.2. The van der Waals surface area contributed by atoms with Crippen molar-refractivity contribution in [3.63, 3.8) is 0 Å². The van der Waals surface area contributed by atoms with Gasteiger partial charge in [-0.2, -0.15) is 22.8 Å². The molecule has 2 aromatic carbocycles. The Morgan fingerprint density at radius 1 is 1.20 bits per heavy atom. The molecule has 0 atom stereocenters. The van der Waals surface area contributed by atoms with Crippen LogP contribution in [0, 0.1) is 17.2 Å². The number of halogens is 3. The van der Waals surface area contributed by atoms with Crippen LogP contribution in [-0.2, 0) is 27.3 Å². The van der Waals surface area contributed by atoms with E-state index in [0.717, 1.165) is 28.7 Å². The Hall–Kier alpha value is -3.82. The van der Waals surface area contributed by atoms with Crippen LogP contribution in [-0.4, -0.2) is 51.6 Å². The summed E-state index contributed by atoms with van der Waals surface area (Å²) < 4.78 is 51.6. The van der Waals surface area contributed by atoms with Crippen LogP contribution < -0.4 is 4.74 Å². The monoisotopic (exact) mass is 586 g/mol. The number of carbonyl (C=O) groups excluding carboxylic acids is 2. The van der Waals surface area contributed by atoms with Crippen LogP contribution >= 0.6 is 11.5 Å². The summed E-state index contributed by atoms with van der Waals surface area (Å²) in [6.07, 6.45) is -3.93. The van der Waals surface area contributed by atoms with Gasteiger partial charge >= 0.3 is 18.1 Å². The number of nitriles is 1. The molecule has 0 aliphatic carbocycles. The Morgan fingerprint density at radius 2 is 1.93 bits per heavy atom. The average Bonchev–Trinajstić information content (AvgIpc) is 3.43. The highest BCUT2D eigenvalue weighted by Gasteiger charge is 2.43. The summed E-state index contributed by atoms with van der Waals surface area (Å²) in [5.41, 5.74) is 4.24. The van der Waals surface area contributed by atoms with E-state index in [1.165, 1.54) is 11.5 Å². The molecular weight excluding hydrogens is 557 g/mol. The minimum atomic E-state index is -5.20. The zero-order valence-corrected chi connectivity index (χ0v) is 23.6. The van der Waals surface area contributed by atoms with Gasteiger partial charge in [0.15, 0.2) is 5.82 Å². The third kappa shape index (κ3) is 7.28. The highest BCUT2D eigenvalue weighted by atomic mass is 32.1. The Balaban J connectivity index is 1.46. The molecule has 0 saturated carbocycles. The lowest BCUT2D eigenvalue weighted by Gasteiger charge is -2.31. The van der Waals surface area contributed by atoms with Gasteiger partial charge in [-0.15, -0.1) is 0 Å². The lowest BCUT2D eigenvalue weighted by molar-refractivity contribution is -0.203. The number of esters is 2. The van der Waals surface area contributed by atoms with Gasteiger partial charge in [-0.25, -0.2) is 9.78 Å². The standard InChI is InChI=1S/C29H29F3N4O4S/c1-4-22-20(16-36-12-10-18(11-13-36)27(37)40-28(38)29(30,31)32)6-5-7-23(22)25-34-26(41-35-25)19-8-9-24(39-17(2)3)21(14-19)15-33/h5-9,14,17-18H,4,10-13,16H2,1-3H3. The molecule has 216 valence electrons. The molecule has 1 aromatic heterocycles. The van der Waals surface area contributed by atoms with Crippen LogP contribution in [0.2, 0.25) is 0 Å². The molecular formula is C29H29F3N4O4S. The number of rotatable bonds is 8. The third-order valence-corrected chi connectivity index (χ3v) is 7.51. The molecule has 0 N–H and O–H groups in total. The van der Waals surface area contributed by atoms with Crippen molar-refractivity contribution in [1.82, 2.24) is 14.3 Å². The summed E-state index contributed by atoms with van der Waals surface area (Å²) >= 11 is 1.25. The number of hydrogen-bond donors (Lipinski definition) is 0. The normalized spacial score (nSPS) is 14.6. The fourth-order valence-electron chi connectivity index (χ4n) is 4.77. The summed E-state index contributed by atoms with van der Waals surface area (Å²) in [5, 5.41) is 10.3. The number of aromatic nitrogens is 2. The molecule has 0 bridgehead atoms. The van der Waals surface area contributed by atoms with Gasteiger partial charge in [-0.3, -0.25) is 9.69 Å². The largest absolute Gasteiger partial charge is 0.491 e. The Bertz CT molecular complexity index is 1460. The fraction of sp³-hybridized carbons (Fsp3) is 0.414. The lowest BCUT2D eigenvalue weighted by atomic mass is 9.94. The summed E-state index contributed by atoms with van der Waals surface area (Å²) in [7, 11) is 0. The van der Waals surface area contributed by atoms with E-state index in [9.17, 15) is 28.0 Å². The van der Waals surface area contributed by atoms with Gasteiger partial charge in [0.2, 0.25) is 0 Å². The zero-order valence-electron chi connectivity index (χ0n) is 22.8. The second kappa shape index (κ2) is 12.8. The fourth-order valence-corrected chi connectivity index (χ4v) is 5.44. The summed E-state index contributed by atoms with van der Waals surface area (Å²) in [4.78, 5) is 29.9. The Kier molecular flexibility index (Phi) is 9.40. The molecule has 4 rings (SSSR count). The Morgan fingerprint density at radius 3 is 2.56 bits per heavy atom. The number of ether oxygens (including phenoxy) is 2. The first-order chi connectivity index (χ1) is 19.5. The lowest BCUT2D eigenvalue weighted by Crippen LogP contribution is -2.38. The molecule has 0 amide bonds. The van der Waals surface area contributed by atoms with E-state index >= 15 is 0 Å². The molecule has 8 nitrogen and oxygen atoms in total. The van der Waals surface area contributed by atoms with E-state index < -0.39 is 24.0 Å². The maximum absolute atomic E-state index is 12.4. The van der Waals surface area contributed by atoms with E-state index in [1.54, 1.807) is 12.1 Å². The molecule has 3 aromatic rings. The van der Waals surface area contributed by atoms with E-state index in [0.29, 0.717) is 54.6 Å². The maximum atomic E-state index is 12.4. The topological polar surface area (TPSA) is 105 Å².